The number of hydrogen-bond acceptors (Lipinski definition) is 4. The first-order valence-electron chi connectivity index (χ1n) is 6.37. The third-order valence-electron chi connectivity index (χ3n) is 2.93. The molecule has 0 aliphatic heterocycles. The molecule has 5 heteroatoms. The van der Waals surface area contributed by atoms with Gasteiger partial charge in [0.15, 0.2) is 5.82 Å². The number of nitrogens with two attached hydrogens (primary N) is 1. The highest BCUT2D eigenvalue weighted by atomic mass is 19.1. The van der Waals surface area contributed by atoms with Crippen molar-refractivity contribution in [2.24, 2.45) is 5.73 Å². The van der Waals surface area contributed by atoms with E-state index in [-0.39, 0.29) is 5.82 Å². The van der Waals surface area contributed by atoms with Gasteiger partial charge in [-0.2, -0.15) is 4.98 Å². The topological polar surface area (TPSA) is 64.9 Å². The first kappa shape index (κ1) is 13.7. The average molecular weight is 263 g/mol. The number of benzene rings is 1. The van der Waals surface area contributed by atoms with E-state index in [1.807, 2.05) is 13.8 Å². The smallest absolute Gasteiger partial charge is 0.226 e. The van der Waals surface area contributed by atoms with E-state index >= 15 is 0 Å². The summed E-state index contributed by atoms with van der Waals surface area (Å²) < 4.78 is 18.0. The summed E-state index contributed by atoms with van der Waals surface area (Å²) in [6.07, 6.45) is 2.22. The fourth-order valence-electron chi connectivity index (χ4n) is 1.91. The van der Waals surface area contributed by atoms with Crippen molar-refractivity contribution in [2.45, 2.75) is 38.6 Å². The maximum atomic E-state index is 12.9. The second-order valence-corrected chi connectivity index (χ2v) is 4.98. The molecule has 0 fully saturated rings. The average Bonchev–Trinajstić information content (AvgIpc) is 2.82. The standard InChI is InChI=1S/C14H18FN3O/c1-3-4-12-17-13(18-19-12)14(2,16)9-10-5-7-11(15)8-6-10/h5-8H,3-4,9,16H2,1-2H3. The molecule has 0 saturated heterocycles. The van der Waals surface area contributed by atoms with E-state index in [0.29, 0.717) is 18.1 Å². The van der Waals surface area contributed by atoms with Gasteiger partial charge < -0.3 is 10.3 Å². The minimum atomic E-state index is -0.729. The van der Waals surface area contributed by atoms with Crippen molar-refractivity contribution in [1.29, 1.82) is 0 Å². The lowest BCUT2D eigenvalue weighted by molar-refractivity contribution is 0.353. The molecule has 1 heterocycles. The third kappa shape index (κ3) is 3.38. The Kier molecular flexibility index (Phi) is 3.95. The van der Waals surface area contributed by atoms with Gasteiger partial charge in [-0.05, 0) is 37.5 Å². The molecule has 0 aliphatic rings. The molecule has 1 atom stereocenters. The van der Waals surface area contributed by atoms with Crippen molar-refractivity contribution in [2.75, 3.05) is 0 Å². The minimum absolute atomic E-state index is 0.257. The van der Waals surface area contributed by atoms with E-state index in [2.05, 4.69) is 10.1 Å². The number of aromatic nitrogens is 2. The molecule has 0 spiro atoms. The van der Waals surface area contributed by atoms with E-state index in [4.69, 9.17) is 10.3 Å². The van der Waals surface area contributed by atoms with Crippen LogP contribution in [0.3, 0.4) is 0 Å². The lowest BCUT2D eigenvalue weighted by atomic mass is 9.93. The molecule has 0 saturated carbocycles. The highest BCUT2D eigenvalue weighted by Gasteiger charge is 2.27. The van der Waals surface area contributed by atoms with Gasteiger partial charge in [-0.25, -0.2) is 4.39 Å². The lowest BCUT2D eigenvalue weighted by Crippen LogP contribution is -2.36. The highest BCUT2D eigenvalue weighted by Crippen LogP contribution is 2.20. The van der Waals surface area contributed by atoms with E-state index in [9.17, 15) is 4.39 Å². The Hall–Kier alpha value is -1.75. The molecule has 102 valence electrons. The molecule has 0 amide bonds. The predicted molar refractivity (Wildman–Crippen MR) is 69.9 cm³/mol. The van der Waals surface area contributed by atoms with Crippen molar-refractivity contribution in [3.8, 4) is 0 Å². The van der Waals surface area contributed by atoms with Crippen LogP contribution in [0.5, 0.6) is 0 Å². The van der Waals surface area contributed by atoms with Crippen LogP contribution in [-0.4, -0.2) is 10.1 Å². The summed E-state index contributed by atoms with van der Waals surface area (Å²) in [5.74, 6) is 0.834. The minimum Gasteiger partial charge on any atom is -0.339 e. The second-order valence-electron chi connectivity index (χ2n) is 4.98. The van der Waals surface area contributed by atoms with E-state index in [1.165, 1.54) is 12.1 Å². The summed E-state index contributed by atoms with van der Waals surface area (Å²) in [5, 5.41) is 3.94. The Bertz CT molecular complexity index is 534. The van der Waals surface area contributed by atoms with Crippen LogP contribution in [0.4, 0.5) is 4.39 Å². The normalized spacial score (nSPS) is 14.3. The van der Waals surface area contributed by atoms with Crippen molar-refractivity contribution >= 4 is 0 Å². The van der Waals surface area contributed by atoms with Crippen molar-refractivity contribution in [3.05, 3.63) is 47.4 Å². The van der Waals surface area contributed by atoms with E-state index < -0.39 is 5.54 Å². The van der Waals surface area contributed by atoms with Gasteiger partial charge in [0.1, 0.15) is 5.82 Å². The van der Waals surface area contributed by atoms with Crippen molar-refractivity contribution in [3.63, 3.8) is 0 Å². The van der Waals surface area contributed by atoms with Crippen LogP contribution < -0.4 is 5.73 Å². The van der Waals surface area contributed by atoms with Gasteiger partial charge in [-0.3, -0.25) is 0 Å². The molecule has 2 aromatic rings. The molecular weight excluding hydrogens is 245 g/mol. The van der Waals surface area contributed by atoms with Crippen LogP contribution in [0, 0.1) is 5.82 Å². The van der Waals surface area contributed by atoms with E-state index in [1.54, 1.807) is 12.1 Å². The van der Waals surface area contributed by atoms with Crippen LogP contribution in [-0.2, 0) is 18.4 Å². The van der Waals surface area contributed by atoms with Gasteiger partial charge in [-0.15, -0.1) is 0 Å². The molecule has 2 N–H and O–H groups in total. The SMILES string of the molecule is CCCc1nc(C(C)(N)Cc2ccc(F)cc2)no1. The van der Waals surface area contributed by atoms with Gasteiger partial charge in [-0.1, -0.05) is 24.2 Å². The molecule has 0 aliphatic carbocycles. The zero-order chi connectivity index (χ0) is 13.9. The first-order valence-corrected chi connectivity index (χ1v) is 6.37. The van der Waals surface area contributed by atoms with Crippen molar-refractivity contribution < 1.29 is 8.91 Å². The molecule has 1 unspecified atom stereocenters. The largest absolute Gasteiger partial charge is 0.339 e. The van der Waals surface area contributed by atoms with Gasteiger partial charge >= 0.3 is 0 Å². The Morgan fingerprint density at radius 2 is 2.00 bits per heavy atom. The number of aryl methyl sites for hydroxylation is 1. The molecule has 2 rings (SSSR count). The molecule has 19 heavy (non-hydrogen) atoms. The summed E-state index contributed by atoms with van der Waals surface area (Å²) in [7, 11) is 0. The van der Waals surface area contributed by atoms with Crippen LogP contribution in [0.1, 0.15) is 37.5 Å². The summed E-state index contributed by atoms with van der Waals surface area (Å²) in [5.41, 5.74) is 6.45. The predicted octanol–water partition coefficient (Wildman–Crippen LogP) is 2.58. The van der Waals surface area contributed by atoms with Gasteiger partial charge in [0.25, 0.3) is 0 Å². The molecule has 1 aromatic heterocycles. The Labute approximate surface area is 111 Å². The molecule has 0 bridgehead atoms. The molecular formula is C14H18FN3O. The summed E-state index contributed by atoms with van der Waals surface area (Å²) >= 11 is 0. The fraction of sp³-hybridized carbons (Fsp3) is 0.429. The monoisotopic (exact) mass is 263 g/mol. The third-order valence-corrected chi connectivity index (χ3v) is 2.93. The Balaban J connectivity index is 2.14. The fourth-order valence-corrected chi connectivity index (χ4v) is 1.91. The Morgan fingerprint density at radius 3 is 2.63 bits per heavy atom. The van der Waals surface area contributed by atoms with Crippen LogP contribution in [0.2, 0.25) is 0 Å². The summed E-state index contributed by atoms with van der Waals surface area (Å²) in [6.45, 7) is 3.89. The molecule has 0 radical (unpaired) electrons. The lowest BCUT2D eigenvalue weighted by Gasteiger charge is -2.20. The Morgan fingerprint density at radius 1 is 1.32 bits per heavy atom. The van der Waals surface area contributed by atoms with Gasteiger partial charge in [0, 0.05) is 6.42 Å². The van der Waals surface area contributed by atoms with Gasteiger partial charge in [0.05, 0.1) is 5.54 Å². The van der Waals surface area contributed by atoms with E-state index in [0.717, 1.165) is 18.4 Å². The van der Waals surface area contributed by atoms with Crippen LogP contribution in [0.15, 0.2) is 28.8 Å². The van der Waals surface area contributed by atoms with Crippen LogP contribution >= 0.6 is 0 Å². The van der Waals surface area contributed by atoms with Gasteiger partial charge in [0.2, 0.25) is 5.89 Å². The quantitative estimate of drug-likeness (QED) is 0.900. The highest BCUT2D eigenvalue weighted by molar-refractivity contribution is 5.20. The zero-order valence-electron chi connectivity index (χ0n) is 11.2. The summed E-state index contributed by atoms with van der Waals surface area (Å²) in [4.78, 5) is 4.31. The summed E-state index contributed by atoms with van der Waals surface area (Å²) in [6, 6.07) is 6.27. The maximum Gasteiger partial charge on any atom is 0.226 e. The zero-order valence-corrected chi connectivity index (χ0v) is 11.2. The number of nitrogens with zero attached hydrogens (tertiary/aromatic N) is 2. The number of rotatable bonds is 5. The number of halogens is 1. The maximum absolute atomic E-state index is 12.9. The number of hydrogen-bond donors (Lipinski definition) is 1. The first-order chi connectivity index (χ1) is 9.01. The second kappa shape index (κ2) is 5.48. The molecule has 1 aromatic carbocycles. The van der Waals surface area contributed by atoms with Crippen LogP contribution in [0.25, 0.3) is 0 Å². The molecule has 4 nitrogen and oxygen atoms in total. The van der Waals surface area contributed by atoms with Crippen molar-refractivity contribution in [1.82, 2.24) is 10.1 Å².